The molecule has 1 atom stereocenters. The Kier molecular flexibility index (Phi) is 7.63. The van der Waals surface area contributed by atoms with Crippen LogP contribution in [0.25, 0.3) is 0 Å². The third kappa shape index (κ3) is 5.68. The standard InChI is InChI=1S/C15H25FN2O/c1-2-3-9-18(11-12-19)10-8-15(17)13-6-4-5-7-14(13)16/h4-7,15,19H,2-3,8-12,17H2,1H3. The van der Waals surface area contributed by atoms with Crippen molar-refractivity contribution in [3.8, 4) is 0 Å². The van der Waals surface area contributed by atoms with E-state index in [1.54, 1.807) is 18.2 Å². The lowest BCUT2D eigenvalue weighted by molar-refractivity contribution is 0.189. The maximum absolute atomic E-state index is 13.6. The summed E-state index contributed by atoms with van der Waals surface area (Å²) in [5.74, 6) is -0.239. The molecule has 0 saturated carbocycles. The zero-order valence-electron chi connectivity index (χ0n) is 11.7. The first-order valence-electron chi connectivity index (χ1n) is 7.02. The molecular weight excluding hydrogens is 243 g/mol. The van der Waals surface area contributed by atoms with Crippen LogP contribution in [0.4, 0.5) is 4.39 Å². The molecule has 0 bridgehead atoms. The van der Waals surface area contributed by atoms with Crippen molar-refractivity contribution in [1.29, 1.82) is 0 Å². The molecule has 0 fully saturated rings. The van der Waals surface area contributed by atoms with Gasteiger partial charge in [0.25, 0.3) is 0 Å². The van der Waals surface area contributed by atoms with Gasteiger partial charge in [0.05, 0.1) is 6.61 Å². The van der Waals surface area contributed by atoms with Gasteiger partial charge in [-0.3, -0.25) is 0 Å². The highest BCUT2D eigenvalue weighted by atomic mass is 19.1. The Morgan fingerprint density at radius 3 is 2.63 bits per heavy atom. The van der Waals surface area contributed by atoms with Gasteiger partial charge in [0.15, 0.2) is 0 Å². The van der Waals surface area contributed by atoms with E-state index in [0.29, 0.717) is 18.5 Å². The minimum absolute atomic E-state index is 0.151. The topological polar surface area (TPSA) is 49.5 Å². The quantitative estimate of drug-likeness (QED) is 0.722. The van der Waals surface area contributed by atoms with Gasteiger partial charge in [-0.2, -0.15) is 0 Å². The van der Waals surface area contributed by atoms with Crippen LogP contribution in [0.2, 0.25) is 0 Å². The highest BCUT2D eigenvalue weighted by Crippen LogP contribution is 2.17. The molecule has 0 heterocycles. The van der Waals surface area contributed by atoms with E-state index in [2.05, 4.69) is 11.8 Å². The molecule has 0 aliphatic heterocycles. The largest absolute Gasteiger partial charge is 0.395 e. The molecule has 0 spiro atoms. The molecule has 0 aliphatic rings. The van der Waals surface area contributed by atoms with E-state index in [4.69, 9.17) is 10.8 Å². The SMILES string of the molecule is CCCCN(CCO)CCC(N)c1ccccc1F. The van der Waals surface area contributed by atoms with Crippen molar-refractivity contribution in [2.75, 3.05) is 26.2 Å². The summed E-state index contributed by atoms with van der Waals surface area (Å²) in [7, 11) is 0. The molecule has 0 saturated heterocycles. The summed E-state index contributed by atoms with van der Waals surface area (Å²) in [4.78, 5) is 2.18. The molecule has 1 rings (SSSR count). The fourth-order valence-electron chi connectivity index (χ4n) is 2.11. The van der Waals surface area contributed by atoms with Crippen LogP contribution in [0, 0.1) is 5.82 Å². The first-order valence-corrected chi connectivity index (χ1v) is 7.02. The Hall–Kier alpha value is -0.970. The van der Waals surface area contributed by atoms with E-state index in [1.807, 2.05) is 0 Å². The number of benzene rings is 1. The van der Waals surface area contributed by atoms with Gasteiger partial charge in [-0.15, -0.1) is 0 Å². The highest BCUT2D eigenvalue weighted by molar-refractivity contribution is 5.20. The van der Waals surface area contributed by atoms with Gasteiger partial charge in [0.2, 0.25) is 0 Å². The number of nitrogens with two attached hydrogens (primary N) is 1. The van der Waals surface area contributed by atoms with Crippen LogP contribution < -0.4 is 5.73 Å². The van der Waals surface area contributed by atoms with Gasteiger partial charge in [-0.25, -0.2) is 4.39 Å². The second kappa shape index (κ2) is 9.02. The minimum atomic E-state index is -0.288. The first kappa shape index (κ1) is 16.1. The van der Waals surface area contributed by atoms with Gasteiger partial charge < -0.3 is 15.7 Å². The van der Waals surface area contributed by atoms with Crippen LogP contribution in [0.3, 0.4) is 0 Å². The number of aliphatic hydroxyl groups is 1. The van der Waals surface area contributed by atoms with E-state index >= 15 is 0 Å². The molecule has 3 N–H and O–H groups in total. The lowest BCUT2D eigenvalue weighted by Crippen LogP contribution is -2.31. The molecule has 0 amide bonds. The molecule has 1 aromatic carbocycles. The van der Waals surface area contributed by atoms with E-state index in [9.17, 15) is 4.39 Å². The van der Waals surface area contributed by atoms with Crippen LogP contribution in [0.5, 0.6) is 0 Å². The van der Waals surface area contributed by atoms with Crippen LogP contribution in [0.1, 0.15) is 37.8 Å². The normalized spacial score (nSPS) is 12.9. The summed E-state index contributed by atoms with van der Waals surface area (Å²) in [6.07, 6.45) is 2.93. The predicted molar refractivity (Wildman–Crippen MR) is 76.4 cm³/mol. The molecule has 0 aliphatic carbocycles. The Morgan fingerprint density at radius 2 is 2.00 bits per heavy atom. The molecule has 19 heavy (non-hydrogen) atoms. The van der Waals surface area contributed by atoms with Crippen molar-refractivity contribution in [2.24, 2.45) is 5.73 Å². The molecule has 0 aromatic heterocycles. The van der Waals surface area contributed by atoms with Gasteiger partial charge in [-0.05, 0) is 25.5 Å². The maximum Gasteiger partial charge on any atom is 0.127 e. The molecule has 1 unspecified atom stereocenters. The monoisotopic (exact) mass is 268 g/mol. The summed E-state index contributed by atoms with van der Waals surface area (Å²) >= 11 is 0. The number of rotatable bonds is 9. The summed E-state index contributed by atoms with van der Waals surface area (Å²) in [5.41, 5.74) is 6.61. The minimum Gasteiger partial charge on any atom is -0.395 e. The molecule has 108 valence electrons. The van der Waals surface area contributed by atoms with Crippen LogP contribution >= 0.6 is 0 Å². The Bertz CT molecular complexity index is 360. The maximum atomic E-state index is 13.6. The third-order valence-electron chi connectivity index (χ3n) is 3.31. The van der Waals surface area contributed by atoms with Gasteiger partial charge in [0, 0.05) is 24.7 Å². The summed E-state index contributed by atoms with van der Waals surface area (Å²) in [6.45, 7) is 4.70. The average molecular weight is 268 g/mol. The van der Waals surface area contributed by atoms with Crippen molar-refractivity contribution in [1.82, 2.24) is 4.90 Å². The van der Waals surface area contributed by atoms with Crippen molar-refractivity contribution in [2.45, 2.75) is 32.2 Å². The average Bonchev–Trinajstić information content (AvgIpc) is 2.42. The van der Waals surface area contributed by atoms with Crippen LogP contribution in [0.15, 0.2) is 24.3 Å². The number of hydrogen-bond acceptors (Lipinski definition) is 3. The Balaban J connectivity index is 2.47. The summed E-state index contributed by atoms with van der Waals surface area (Å²) in [6, 6.07) is 6.37. The highest BCUT2D eigenvalue weighted by Gasteiger charge is 2.12. The molecule has 1 aromatic rings. The number of hydrogen-bond donors (Lipinski definition) is 2. The number of halogens is 1. The molecule has 4 heteroatoms. The fourth-order valence-corrected chi connectivity index (χ4v) is 2.11. The lowest BCUT2D eigenvalue weighted by atomic mass is 10.0. The van der Waals surface area contributed by atoms with Crippen LogP contribution in [-0.4, -0.2) is 36.2 Å². The van der Waals surface area contributed by atoms with E-state index in [-0.39, 0.29) is 18.5 Å². The van der Waals surface area contributed by atoms with Crippen LogP contribution in [-0.2, 0) is 0 Å². The summed E-state index contributed by atoms with van der Waals surface area (Å²) < 4.78 is 13.6. The van der Waals surface area contributed by atoms with Gasteiger partial charge in [0.1, 0.15) is 5.82 Å². The number of nitrogens with zero attached hydrogens (tertiary/aromatic N) is 1. The van der Waals surface area contributed by atoms with E-state index < -0.39 is 0 Å². The van der Waals surface area contributed by atoms with E-state index in [0.717, 1.165) is 25.9 Å². The molecule has 3 nitrogen and oxygen atoms in total. The number of aliphatic hydroxyl groups excluding tert-OH is 1. The van der Waals surface area contributed by atoms with Crippen molar-refractivity contribution in [3.05, 3.63) is 35.6 Å². The smallest absolute Gasteiger partial charge is 0.127 e. The zero-order chi connectivity index (χ0) is 14.1. The zero-order valence-corrected chi connectivity index (χ0v) is 11.7. The van der Waals surface area contributed by atoms with Gasteiger partial charge in [-0.1, -0.05) is 31.5 Å². The van der Waals surface area contributed by atoms with Crippen molar-refractivity contribution >= 4 is 0 Å². The van der Waals surface area contributed by atoms with Crippen molar-refractivity contribution < 1.29 is 9.50 Å². The fraction of sp³-hybridized carbons (Fsp3) is 0.600. The van der Waals surface area contributed by atoms with E-state index in [1.165, 1.54) is 6.07 Å². The lowest BCUT2D eigenvalue weighted by Gasteiger charge is -2.23. The first-order chi connectivity index (χ1) is 9.19. The third-order valence-corrected chi connectivity index (χ3v) is 3.31. The summed E-state index contributed by atoms with van der Waals surface area (Å²) in [5, 5.41) is 9.03. The molecule has 0 radical (unpaired) electrons. The predicted octanol–water partition coefficient (Wildman–Crippen LogP) is 2.31. The Labute approximate surface area is 115 Å². The second-order valence-corrected chi connectivity index (χ2v) is 4.84. The number of unbranched alkanes of at least 4 members (excludes halogenated alkanes) is 1. The molecular formula is C15H25FN2O. The Morgan fingerprint density at radius 1 is 1.26 bits per heavy atom. The van der Waals surface area contributed by atoms with Gasteiger partial charge >= 0.3 is 0 Å². The van der Waals surface area contributed by atoms with Crippen molar-refractivity contribution in [3.63, 3.8) is 0 Å². The second-order valence-electron chi connectivity index (χ2n) is 4.84.